The number of ether oxygens (including phenoxy) is 3. The summed E-state index contributed by atoms with van der Waals surface area (Å²) in [6, 6.07) is 30.4. The highest BCUT2D eigenvalue weighted by molar-refractivity contribution is 5.17. The Morgan fingerprint density at radius 2 is 1.23 bits per heavy atom. The van der Waals surface area contributed by atoms with Gasteiger partial charge in [0.1, 0.15) is 12.2 Å². The Hall–Kier alpha value is -3.20. The van der Waals surface area contributed by atoms with Gasteiger partial charge in [0.2, 0.25) is 0 Å². The third kappa shape index (κ3) is 6.69. The quantitative estimate of drug-likeness (QED) is 0.269. The molecule has 1 aliphatic rings. The lowest BCUT2D eigenvalue weighted by Crippen LogP contribution is -2.42. The van der Waals surface area contributed by atoms with Crippen molar-refractivity contribution in [2.24, 2.45) is 0 Å². The molecule has 0 aromatic heterocycles. The first kappa shape index (κ1) is 24.9. The summed E-state index contributed by atoms with van der Waals surface area (Å²) < 4.78 is 19.2. The van der Waals surface area contributed by atoms with E-state index in [9.17, 15) is 0 Å². The van der Waals surface area contributed by atoms with Gasteiger partial charge in [0.25, 0.3) is 0 Å². The van der Waals surface area contributed by atoms with Crippen molar-refractivity contribution < 1.29 is 14.2 Å². The summed E-state index contributed by atoms with van der Waals surface area (Å²) in [7, 11) is 0. The van der Waals surface area contributed by atoms with Crippen LogP contribution in [0.4, 0.5) is 0 Å². The monoisotopic (exact) mass is 467 g/mol. The third-order valence-electron chi connectivity index (χ3n) is 6.33. The van der Waals surface area contributed by atoms with Gasteiger partial charge in [0, 0.05) is 0 Å². The van der Waals surface area contributed by atoms with E-state index in [1.807, 2.05) is 60.7 Å². The van der Waals surface area contributed by atoms with Crippen molar-refractivity contribution in [1.82, 2.24) is 4.90 Å². The number of nitrogens with zero attached hydrogens (tertiary/aromatic N) is 1. The minimum Gasteiger partial charge on any atom is -0.375 e. The molecule has 0 spiro atoms. The van der Waals surface area contributed by atoms with E-state index in [1.54, 1.807) is 0 Å². The molecule has 35 heavy (non-hydrogen) atoms. The van der Waals surface area contributed by atoms with Crippen LogP contribution in [0.1, 0.15) is 16.7 Å². The predicted molar refractivity (Wildman–Crippen MR) is 139 cm³/mol. The Morgan fingerprint density at radius 1 is 0.743 bits per heavy atom. The van der Waals surface area contributed by atoms with Crippen LogP contribution in [-0.2, 0) is 34.0 Å². The molecule has 1 saturated heterocycles. The molecular formula is C31H33NO3. The SMILES string of the molecule is C#CCN1[C@H](C=C)[C@@H](OCc2ccccc2)[C@H](OCc2ccccc2)[C@H]1COCc1ccccc1. The van der Waals surface area contributed by atoms with Crippen LogP contribution >= 0.6 is 0 Å². The molecule has 0 N–H and O–H groups in total. The van der Waals surface area contributed by atoms with Crippen LogP contribution in [0.5, 0.6) is 0 Å². The van der Waals surface area contributed by atoms with Gasteiger partial charge in [-0.1, -0.05) is 103 Å². The second-order valence-electron chi connectivity index (χ2n) is 8.69. The fourth-order valence-electron chi connectivity index (χ4n) is 4.60. The van der Waals surface area contributed by atoms with Crippen molar-refractivity contribution in [1.29, 1.82) is 0 Å². The van der Waals surface area contributed by atoms with Crippen molar-refractivity contribution >= 4 is 0 Å². The van der Waals surface area contributed by atoms with Crippen molar-refractivity contribution in [2.45, 2.75) is 44.1 Å². The number of benzene rings is 3. The lowest BCUT2D eigenvalue weighted by molar-refractivity contribution is -0.0841. The molecule has 4 rings (SSSR count). The molecular weight excluding hydrogens is 434 g/mol. The number of rotatable bonds is 12. The molecule has 0 radical (unpaired) electrons. The molecule has 0 unspecified atom stereocenters. The topological polar surface area (TPSA) is 30.9 Å². The van der Waals surface area contributed by atoms with E-state index in [0.717, 1.165) is 16.7 Å². The summed E-state index contributed by atoms with van der Waals surface area (Å²) in [5.74, 6) is 2.81. The highest BCUT2D eigenvalue weighted by Gasteiger charge is 2.49. The van der Waals surface area contributed by atoms with Crippen LogP contribution in [0, 0.1) is 12.3 Å². The van der Waals surface area contributed by atoms with Gasteiger partial charge in [-0.2, -0.15) is 0 Å². The third-order valence-corrected chi connectivity index (χ3v) is 6.33. The number of hydrogen-bond donors (Lipinski definition) is 0. The molecule has 180 valence electrons. The second-order valence-corrected chi connectivity index (χ2v) is 8.69. The van der Waals surface area contributed by atoms with E-state index in [1.165, 1.54) is 0 Å². The van der Waals surface area contributed by atoms with Gasteiger partial charge < -0.3 is 14.2 Å². The summed E-state index contributed by atoms with van der Waals surface area (Å²) in [6.07, 6.45) is 7.24. The Labute approximate surface area is 209 Å². The number of terminal acetylenes is 1. The van der Waals surface area contributed by atoms with Crippen LogP contribution in [0.3, 0.4) is 0 Å². The fourth-order valence-corrected chi connectivity index (χ4v) is 4.60. The standard InChI is InChI=1S/C31H33NO3/c1-3-20-32-28(4-2)30(34-22-26-16-10-6-11-17-26)31(35-23-27-18-12-7-13-19-27)29(32)24-33-21-25-14-8-5-9-15-25/h1,4-19,28-31H,2,20-24H2/t28-,29-,30-,31-/m1/s1. The first-order valence-electron chi connectivity index (χ1n) is 12.0. The second kappa shape index (κ2) is 13.0. The van der Waals surface area contributed by atoms with Crippen LogP contribution in [0.15, 0.2) is 104 Å². The predicted octanol–water partition coefficient (Wildman–Crippen LogP) is 5.25. The van der Waals surface area contributed by atoms with E-state index in [-0.39, 0.29) is 24.3 Å². The minimum atomic E-state index is -0.231. The van der Waals surface area contributed by atoms with Crippen molar-refractivity contribution in [3.63, 3.8) is 0 Å². The van der Waals surface area contributed by atoms with Crippen LogP contribution in [-0.4, -0.2) is 42.3 Å². The Kier molecular flexibility index (Phi) is 9.28. The van der Waals surface area contributed by atoms with E-state index in [4.69, 9.17) is 20.6 Å². The molecule has 3 aromatic rings. The van der Waals surface area contributed by atoms with Gasteiger partial charge in [-0.05, 0) is 16.7 Å². The zero-order valence-corrected chi connectivity index (χ0v) is 20.0. The van der Waals surface area contributed by atoms with Crippen LogP contribution in [0.25, 0.3) is 0 Å². The molecule has 1 heterocycles. The highest BCUT2D eigenvalue weighted by Crippen LogP contribution is 2.32. The average Bonchev–Trinajstić information content (AvgIpc) is 3.19. The summed E-state index contributed by atoms with van der Waals surface area (Å²) in [4.78, 5) is 2.23. The Balaban J connectivity index is 1.54. The molecule has 1 aliphatic heterocycles. The van der Waals surface area contributed by atoms with E-state index in [0.29, 0.717) is 33.0 Å². The maximum absolute atomic E-state index is 6.55. The first-order valence-corrected chi connectivity index (χ1v) is 12.0. The van der Waals surface area contributed by atoms with Crippen LogP contribution < -0.4 is 0 Å². The van der Waals surface area contributed by atoms with Gasteiger partial charge in [-0.15, -0.1) is 13.0 Å². The first-order chi connectivity index (χ1) is 17.3. The zero-order chi connectivity index (χ0) is 24.3. The molecule has 4 atom stereocenters. The van der Waals surface area contributed by atoms with Gasteiger partial charge in [-0.25, -0.2) is 0 Å². The number of hydrogen-bond acceptors (Lipinski definition) is 4. The molecule has 4 nitrogen and oxygen atoms in total. The molecule has 0 amide bonds. The van der Waals surface area contributed by atoms with Gasteiger partial charge in [-0.3, -0.25) is 4.90 Å². The van der Waals surface area contributed by atoms with Crippen molar-refractivity contribution in [2.75, 3.05) is 13.2 Å². The maximum Gasteiger partial charge on any atom is 0.105 e. The van der Waals surface area contributed by atoms with E-state index >= 15 is 0 Å². The average molecular weight is 468 g/mol. The summed E-state index contributed by atoms with van der Waals surface area (Å²) >= 11 is 0. The molecule has 3 aromatic carbocycles. The highest BCUT2D eigenvalue weighted by atomic mass is 16.5. The molecule has 0 bridgehead atoms. The van der Waals surface area contributed by atoms with Gasteiger partial charge in [0.05, 0.1) is 45.1 Å². The maximum atomic E-state index is 6.55. The molecule has 4 heteroatoms. The summed E-state index contributed by atoms with van der Waals surface area (Å²) in [5, 5.41) is 0. The van der Waals surface area contributed by atoms with Gasteiger partial charge >= 0.3 is 0 Å². The lowest BCUT2D eigenvalue weighted by atomic mass is 10.1. The lowest BCUT2D eigenvalue weighted by Gasteiger charge is -2.28. The molecule has 0 saturated carbocycles. The minimum absolute atomic E-state index is 0.0674. The van der Waals surface area contributed by atoms with Crippen molar-refractivity contribution in [3.05, 3.63) is 120 Å². The normalized spacial score (nSPS) is 22.0. The van der Waals surface area contributed by atoms with Crippen LogP contribution in [0.2, 0.25) is 0 Å². The van der Waals surface area contributed by atoms with Crippen molar-refractivity contribution in [3.8, 4) is 12.3 Å². The largest absolute Gasteiger partial charge is 0.375 e. The fraction of sp³-hybridized carbons (Fsp3) is 0.290. The number of likely N-dealkylation sites (tertiary alicyclic amines) is 1. The Morgan fingerprint density at radius 3 is 1.71 bits per heavy atom. The Bertz CT molecular complexity index is 1060. The molecule has 0 aliphatic carbocycles. The van der Waals surface area contributed by atoms with E-state index in [2.05, 4.69) is 53.8 Å². The van der Waals surface area contributed by atoms with Gasteiger partial charge in [0.15, 0.2) is 0 Å². The summed E-state index contributed by atoms with van der Waals surface area (Å²) in [6.45, 7) is 6.55. The zero-order valence-electron chi connectivity index (χ0n) is 20.0. The smallest absolute Gasteiger partial charge is 0.105 e. The molecule has 1 fully saturated rings. The summed E-state index contributed by atoms with van der Waals surface area (Å²) in [5.41, 5.74) is 3.36. The van der Waals surface area contributed by atoms with E-state index < -0.39 is 0 Å².